The van der Waals surface area contributed by atoms with E-state index in [1.54, 1.807) is 0 Å². The van der Waals surface area contributed by atoms with Crippen LogP contribution in [0.25, 0.3) is 0 Å². The van der Waals surface area contributed by atoms with Crippen molar-refractivity contribution >= 4 is 29.3 Å². The number of amides is 1. The Morgan fingerprint density at radius 2 is 2.17 bits per heavy atom. The standard InChI is InChI=1S/C14H18ClNOS/c15-13-5-3-11(4-6-13)7-8-16-14(17)12-2-1-9-18-10-12/h3-6,12H,1-2,7-10H2,(H,16,17). The summed E-state index contributed by atoms with van der Waals surface area (Å²) in [5, 5.41) is 3.78. The molecule has 0 bridgehead atoms. The highest BCUT2D eigenvalue weighted by molar-refractivity contribution is 7.99. The number of hydrogen-bond acceptors (Lipinski definition) is 2. The maximum Gasteiger partial charge on any atom is 0.223 e. The monoisotopic (exact) mass is 283 g/mol. The molecule has 0 saturated carbocycles. The normalized spacial score (nSPS) is 19.5. The van der Waals surface area contributed by atoms with Crippen LogP contribution in [0.15, 0.2) is 24.3 Å². The molecule has 2 rings (SSSR count). The Kier molecular flexibility index (Phi) is 5.39. The average Bonchev–Trinajstić information content (AvgIpc) is 2.42. The van der Waals surface area contributed by atoms with Crippen LogP contribution in [0.3, 0.4) is 0 Å². The second kappa shape index (κ2) is 7.05. The lowest BCUT2D eigenvalue weighted by molar-refractivity contribution is -0.124. The van der Waals surface area contributed by atoms with Crippen molar-refractivity contribution in [2.24, 2.45) is 5.92 Å². The summed E-state index contributed by atoms with van der Waals surface area (Å²) in [4.78, 5) is 11.9. The minimum atomic E-state index is 0.217. The fourth-order valence-corrected chi connectivity index (χ4v) is 3.34. The lowest BCUT2D eigenvalue weighted by Gasteiger charge is -2.20. The van der Waals surface area contributed by atoms with Gasteiger partial charge in [0.05, 0.1) is 0 Å². The lowest BCUT2D eigenvalue weighted by atomic mass is 10.0. The molecule has 1 saturated heterocycles. The molecule has 1 aromatic rings. The van der Waals surface area contributed by atoms with Crippen molar-refractivity contribution in [1.82, 2.24) is 5.32 Å². The first kappa shape index (κ1) is 13.8. The van der Waals surface area contributed by atoms with Crippen molar-refractivity contribution in [2.75, 3.05) is 18.1 Å². The number of halogens is 1. The summed E-state index contributed by atoms with van der Waals surface area (Å²) in [6, 6.07) is 7.78. The van der Waals surface area contributed by atoms with E-state index in [4.69, 9.17) is 11.6 Å². The molecule has 1 aliphatic heterocycles. The molecule has 1 heterocycles. The van der Waals surface area contributed by atoms with Gasteiger partial charge in [0.2, 0.25) is 5.91 Å². The second-order valence-electron chi connectivity index (χ2n) is 4.58. The first-order valence-corrected chi connectivity index (χ1v) is 7.89. The van der Waals surface area contributed by atoms with Gasteiger partial charge in [-0.2, -0.15) is 11.8 Å². The summed E-state index contributed by atoms with van der Waals surface area (Å²) in [6.45, 7) is 0.710. The molecular weight excluding hydrogens is 266 g/mol. The van der Waals surface area contributed by atoms with E-state index in [1.807, 2.05) is 36.0 Å². The number of rotatable bonds is 4. The van der Waals surface area contributed by atoms with Gasteiger partial charge >= 0.3 is 0 Å². The van der Waals surface area contributed by atoms with Gasteiger partial charge in [-0.1, -0.05) is 23.7 Å². The van der Waals surface area contributed by atoms with Crippen LogP contribution < -0.4 is 5.32 Å². The van der Waals surface area contributed by atoms with Crippen LogP contribution in [0.4, 0.5) is 0 Å². The lowest BCUT2D eigenvalue weighted by Crippen LogP contribution is -2.34. The minimum absolute atomic E-state index is 0.217. The number of thioether (sulfide) groups is 1. The number of hydrogen-bond donors (Lipinski definition) is 1. The molecule has 1 aromatic carbocycles. The average molecular weight is 284 g/mol. The zero-order valence-electron chi connectivity index (χ0n) is 10.3. The third kappa shape index (κ3) is 4.21. The van der Waals surface area contributed by atoms with Crippen molar-refractivity contribution in [3.05, 3.63) is 34.9 Å². The van der Waals surface area contributed by atoms with E-state index in [0.29, 0.717) is 6.54 Å². The van der Waals surface area contributed by atoms with Gasteiger partial charge in [-0.3, -0.25) is 4.79 Å². The topological polar surface area (TPSA) is 29.1 Å². The molecule has 0 aliphatic carbocycles. The maximum absolute atomic E-state index is 11.9. The van der Waals surface area contributed by atoms with Crippen LogP contribution in [-0.4, -0.2) is 24.0 Å². The molecule has 1 fully saturated rings. The molecule has 1 N–H and O–H groups in total. The van der Waals surface area contributed by atoms with Crippen LogP contribution in [0.5, 0.6) is 0 Å². The van der Waals surface area contributed by atoms with Gasteiger partial charge < -0.3 is 5.32 Å². The van der Waals surface area contributed by atoms with E-state index in [0.717, 1.165) is 23.6 Å². The third-order valence-electron chi connectivity index (χ3n) is 3.16. The third-order valence-corrected chi connectivity index (χ3v) is 4.62. The Morgan fingerprint density at radius 3 is 2.83 bits per heavy atom. The number of carbonyl (C=O) groups excluding carboxylic acids is 1. The predicted octanol–water partition coefficient (Wildman–Crippen LogP) is 3.14. The number of benzene rings is 1. The Bertz CT molecular complexity index is 387. The first-order valence-electron chi connectivity index (χ1n) is 6.35. The minimum Gasteiger partial charge on any atom is -0.356 e. The molecule has 1 aliphatic rings. The fraction of sp³-hybridized carbons (Fsp3) is 0.500. The van der Waals surface area contributed by atoms with E-state index >= 15 is 0 Å². The van der Waals surface area contributed by atoms with Crippen molar-refractivity contribution in [3.8, 4) is 0 Å². The van der Waals surface area contributed by atoms with E-state index in [-0.39, 0.29) is 11.8 Å². The second-order valence-corrected chi connectivity index (χ2v) is 6.17. The Hall–Kier alpha value is -0.670. The van der Waals surface area contributed by atoms with Gasteiger partial charge in [-0.25, -0.2) is 0 Å². The highest BCUT2D eigenvalue weighted by Gasteiger charge is 2.20. The van der Waals surface area contributed by atoms with Gasteiger partial charge in [0.15, 0.2) is 0 Å². The summed E-state index contributed by atoms with van der Waals surface area (Å²) in [5.74, 6) is 2.62. The predicted molar refractivity (Wildman–Crippen MR) is 78.2 cm³/mol. The largest absolute Gasteiger partial charge is 0.356 e. The zero-order valence-corrected chi connectivity index (χ0v) is 11.9. The van der Waals surface area contributed by atoms with Crippen molar-refractivity contribution in [2.45, 2.75) is 19.3 Å². The molecular formula is C14H18ClNOS. The highest BCUT2D eigenvalue weighted by atomic mass is 35.5. The van der Waals surface area contributed by atoms with Gasteiger partial charge in [-0.05, 0) is 42.7 Å². The molecule has 0 spiro atoms. The Morgan fingerprint density at radius 1 is 1.39 bits per heavy atom. The highest BCUT2D eigenvalue weighted by Crippen LogP contribution is 2.22. The van der Waals surface area contributed by atoms with Crippen LogP contribution in [0.1, 0.15) is 18.4 Å². The summed E-state index contributed by atoms with van der Waals surface area (Å²) >= 11 is 7.71. The number of nitrogens with one attached hydrogen (secondary N) is 1. The van der Waals surface area contributed by atoms with Crippen molar-refractivity contribution in [1.29, 1.82) is 0 Å². The van der Waals surface area contributed by atoms with Gasteiger partial charge in [-0.15, -0.1) is 0 Å². The summed E-state index contributed by atoms with van der Waals surface area (Å²) in [7, 11) is 0. The summed E-state index contributed by atoms with van der Waals surface area (Å²) < 4.78 is 0. The first-order chi connectivity index (χ1) is 8.75. The number of carbonyl (C=O) groups is 1. The van der Waals surface area contributed by atoms with Gasteiger partial charge in [0.25, 0.3) is 0 Å². The molecule has 1 unspecified atom stereocenters. The molecule has 1 atom stereocenters. The maximum atomic E-state index is 11.9. The van der Waals surface area contributed by atoms with E-state index < -0.39 is 0 Å². The van der Waals surface area contributed by atoms with Crippen LogP contribution in [0, 0.1) is 5.92 Å². The van der Waals surface area contributed by atoms with Crippen molar-refractivity contribution < 1.29 is 4.79 Å². The zero-order chi connectivity index (χ0) is 12.8. The molecule has 4 heteroatoms. The smallest absolute Gasteiger partial charge is 0.223 e. The van der Waals surface area contributed by atoms with Gasteiger partial charge in [0.1, 0.15) is 0 Å². The SMILES string of the molecule is O=C(NCCc1ccc(Cl)cc1)C1CCCSC1. The van der Waals surface area contributed by atoms with E-state index in [1.165, 1.54) is 17.7 Å². The fourth-order valence-electron chi connectivity index (χ4n) is 2.07. The Balaban J connectivity index is 1.71. The summed E-state index contributed by atoms with van der Waals surface area (Å²) in [5.41, 5.74) is 1.21. The molecule has 0 radical (unpaired) electrons. The van der Waals surface area contributed by atoms with Crippen LogP contribution in [0.2, 0.25) is 5.02 Å². The summed E-state index contributed by atoms with van der Waals surface area (Å²) in [6.07, 6.45) is 3.07. The Labute approximate surface area is 117 Å². The van der Waals surface area contributed by atoms with E-state index in [9.17, 15) is 4.79 Å². The van der Waals surface area contributed by atoms with Crippen molar-refractivity contribution in [3.63, 3.8) is 0 Å². The molecule has 1 amide bonds. The molecule has 98 valence electrons. The molecule has 0 aromatic heterocycles. The van der Waals surface area contributed by atoms with E-state index in [2.05, 4.69) is 5.32 Å². The van der Waals surface area contributed by atoms with Crippen LogP contribution in [-0.2, 0) is 11.2 Å². The molecule has 18 heavy (non-hydrogen) atoms. The van der Waals surface area contributed by atoms with Crippen LogP contribution >= 0.6 is 23.4 Å². The quantitative estimate of drug-likeness (QED) is 0.920. The molecule has 2 nitrogen and oxygen atoms in total. The van der Waals surface area contributed by atoms with Gasteiger partial charge in [0, 0.05) is 23.2 Å².